The summed E-state index contributed by atoms with van der Waals surface area (Å²) in [6.45, 7) is 0.927. The summed E-state index contributed by atoms with van der Waals surface area (Å²) in [6.07, 6.45) is 0. The highest BCUT2D eigenvalue weighted by Gasteiger charge is 2.22. The molecule has 1 aliphatic rings. The smallest absolute Gasteiger partial charge is 0.142 e. The molecule has 2 nitrogen and oxygen atoms in total. The third-order valence-electron chi connectivity index (χ3n) is 3.50. The maximum Gasteiger partial charge on any atom is 0.142 e. The minimum absolute atomic E-state index is 0.555. The summed E-state index contributed by atoms with van der Waals surface area (Å²) in [5.41, 5.74) is 2.50. The molecule has 20 heavy (non-hydrogen) atoms. The Morgan fingerprint density at radius 3 is 3.00 bits per heavy atom. The van der Waals surface area contributed by atoms with E-state index in [9.17, 15) is 0 Å². The molecule has 2 aromatic rings. The molecule has 104 valence electrons. The van der Waals surface area contributed by atoms with E-state index < -0.39 is 0 Å². The molecule has 0 radical (unpaired) electrons. The zero-order chi connectivity index (χ0) is 13.9. The largest absolute Gasteiger partial charge is 0.495 e. The van der Waals surface area contributed by atoms with Gasteiger partial charge in [-0.05, 0) is 29.8 Å². The van der Waals surface area contributed by atoms with Crippen LogP contribution >= 0.6 is 27.7 Å². The quantitative estimate of drug-likeness (QED) is 0.859. The maximum atomic E-state index is 5.40. The average Bonchev–Trinajstić information content (AvgIpc) is 2.88. The van der Waals surface area contributed by atoms with Gasteiger partial charge in [0.2, 0.25) is 0 Å². The summed E-state index contributed by atoms with van der Waals surface area (Å²) in [5.74, 6) is 2.58. The number of halogens is 1. The average molecular weight is 350 g/mol. The van der Waals surface area contributed by atoms with Crippen molar-refractivity contribution < 1.29 is 4.74 Å². The first-order valence-electron chi connectivity index (χ1n) is 6.57. The summed E-state index contributed by atoms with van der Waals surface area (Å²) in [7, 11) is 1.70. The summed E-state index contributed by atoms with van der Waals surface area (Å²) < 4.78 is 6.45. The van der Waals surface area contributed by atoms with Crippen molar-refractivity contribution in [3.05, 3.63) is 52.5 Å². The highest BCUT2D eigenvalue weighted by Crippen LogP contribution is 2.39. The van der Waals surface area contributed by atoms with Crippen LogP contribution < -0.4 is 10.1 Å². The van der Waals surface area contributed by atoms with Crippen LogP contribution in [0.3, 0.4) is 0 Å². The fraction of sp³-hybridized carbons (Fsp3) is 0.250. The van der Waals surface area contributed by atoms with E-state index in [1.165, 1.54) is 10.5 Å². The first-order valence-corrected chi connectivity index (χ1v) is 8.35. The Labute approximate surface area is 132 Å². The number of nitrogens with one attached hydrogen (secondary N) is 1. The van der Waals surface area contributed by atoms with Gasteiger partial charge in [-0.25, -0.2) is 0 Å². The monoisotopic (exact) mass is 349 g/mol. The van der Waals surface area contributed by atoms with Crippen LogP contribution in [-0.2, 0) is 0 Å². The first kappa shape index (κ1) is 13.8. The van der Waals surface area contributed by atoms with Crippen LogP contribution in [0.4, 0.5) is 5.69 Å². The normalized spacial score (nSPS) is 16.8. The SMILES string of the molecule is COc1ccc(Br)cc1NCC1CSc2ccccc21. The minimum atomic E-state index is 0.555. The number of methoxy groups -OCH3 is 1. The molecule has 1 atom stereocenters. The molecule has 0 saturated heterocycles. The lowest BCUT2D eigenvalue weighted by Crippen LogP contribution is -2.12. The molecular formula is C16H16BrNOS. The van der Waals surface area contributed by atoms with E-state index >= 15 is 0 Å². The molecule has 0 amide bonds. The molecule has 1 unspecified atom stereocenters. The fourth-order valence-corrected chi connectivity index (χ4v) is 4.07. The zero-order valence-corrected chi connectivity index (χ0v) is 13.6. The van der Waals surface area contributed by atoms with Crippen LogP contribution in [0.1, 0.15) is 11.5 Å². The minimum Gasteiger partial charge on any atom is -0.495 e. The highest BCUT2D eigenvalue weighted by molar-refractivity contribution is 9.10. The summed E-state index contributed by atoms with van der Waals surface area (Å²) >= 11 is 5.45. The number of ether oxygens (including phenoxy) is 1. The summed E-state index contributed by atoms with van der Waals surface area (Å²) in [5, 5.41) is 3.52. The molecule has 4 heteroatoms. The van der Waals surface area contributed by atoms with Gasteiger partial charge in [0.25, 0.3) is 0 Å². The van der Waals surface area contributed by atoms with Gasteiger partial charge in [0, 0.05) is 27.6 Å². The van der Waals surface area contributed by atoms with Crippen molar-refractivity contribution in [1.29, 1.82) is 0 Å². The number of fused-ring (bicyclic) bond motifs is 1. The predicted octanol–water partition coefficient (Wildman–Crippen LogP) is 4.76. The molecule has 2 aromatic carbocycles. The van der Waals surface area contributed by atoms with Gasteiger partial charge < -0.3 is 10.1 Å². The van der Waals surface area contributed by atoms with Gasteiger partial charge >= 0.3 is 0 Å². The molecular weight excluding hydrogens is 334 g/mol. The van der Waals surface area contributed by atoms with Crippen LogP contribution in [0.2, 0.25) is 0 Å². The Hall–Kier alpha value is -1.13. The molecule has 0 aliphatic carbocycles. The molecule has 1 N–H and O–H groups in total. The molecule has 0 aromatic heterocycles. The Bertz CT molecular complexity index is 617. The lowest BCUT2D eigenvalue weighted by Gasteiger charge is -2.15. The second kappa shape index (κ2) is 6.10. The Morgan fingerprint density at radius 2 is 2.15 bits per heavy atom. The van der Waals surface area contributed by atoms with Crippen molar-refractivity contribution in [2.45, 2.75) is 10.8 Å². The van der Waals surface area contributed by atoms with Crippen LogP contribution in [0.5, 0.6) is 5.75 Å². The first-order chi connectivity index (χ1) is 9.78. The van der Waals surface area contributed by atoms with Crippen molar-refractivity contribution >= 4 is 33.4 Å². The molecule has 0 saturated carbocycles. The van der Waals surface area contributed by atoms with Crippen molar-refractivity contribution in [1.82, 2.24) is 0 Å². The van der Waals surface area contributed by atoms with E-state index in [0.717, 1.165) is 28.2 Å². The molecule has 0 spiro atoms. The van der Waals surface area contributed by atoms with Gasteiger partial charge in [0.05, 0.1) is 12.8 Å². The molecule has 0 bridgehead atoms. The number of benzene rings is 2. The van der Waals surface area contributed by atoms with E-state index in [-0.39, 0.29) is 0 Å². The van der Waals surface area contributed by atoms with Gasteiger partial charge in [-0.2, -0.15) is 0 Å². The van der Waals surface area contributed by atoms with E-state index in [1.807, 2.05) is 23.9 Å². The molecule has 1 aliphatic heterocycles. The zero-order valence-electron chi connectivity index (χ0n) is 11.2. The van der Waals surface area contributed by atoms with E-state index in [0.29, 0.717) is 5.92 Å². The van der Waals surface area contributed by atoms with Gasteiger partial charge in [-0.3, -0.25) is 0 Å². The number of anilines is 1. The second-order valence-corrected chi connectivity index (χ2v) is 6.75. The third-order valence-corrected chi connectivity index (χ3v) is 5.24. The van der Waals surface area contributed by atoms with E-state index in [1.54, 1.807) is 7.11 Å². The van der Waals surface area contributed by atoms with Crippen LogP contribution in [0.15, 0.2) is 51.8 Å². The lowest BCUT2D eigenvalue weighted by atomic mass is 10.0. The number of thioether (sulfide) groups is 1. The van der Waals surface area contributed by atoms with Gasteiger partial charge in [-0.15, -0.1) is 11.8 Å². The topological polar surface area (TPSA) is 21.3 Å². The predicted molar refractivity (Wildman–Crippen MR) is 89.1 cm³/mol. The summed E-state index contributed by atoms with van der Waals surface area (Å²) in [4.78, 5) is 1.42. The highest BCUT2D eigenvalue weighted by atomic mass is 79.9. The Kier molecular flexibility index (Phi) is 4.22. The van der Waals surface area contributed by atoms with Gasteiger partial charge in [0.15, 0.2) is 0 Å². The Morgan fingerprint density at radius 1 is 1.30 bits per heavy atom. The van der Waals surface area contributed by atoms with Crippen LogP contribution in [0, 0.1) is 0 Å². The maximum absolute atomic E-state index is 5.40. The van der Waals surface area contributed by atoms with Gasteiger partial charge in [0.1, 0.15) is 5.75 Å². The second-order valence-electron chi connectivity index (χ2n) is 4.77. The van der Waals surface area contributed by atoms with Crippen LogP contribution in [-0.4, -0.2) is 19.4 Å². The number of hydrogen-bond donors (Lipinski definition) is 1. The molecule has 3 rings (SSSR count). The fourth-order valence-electron chi connectivity index (χ4n) is 2.45. The molecule has 1 heterocycles. The third kappa shape index (κ3) is 2.81. The van der Waals surface area contributed by atoms with Crippen LogP contribution in [0.25, 0.3) is 0 Å². The van der Waals surface area contributed by atoms with E-state index in [2.05, 4.69) is 51.6 Å². The standard InChI is InChI=1S/C16H16BrNOS/c1-19-15-7-6-12(17)8-14(15)18-9-11-10-20-16-5-3-2-4-13(11)16/h2-8,11,18H,9-10H2,1H3. The van der Waals surface area contributed by atoms with Crippen molar-refractivity contribution in [2.24, 2.45) is 0 Å². The van der Waals surface area contributed by atoms with Crippen molar-refractivity contribution in [3.8, 4) is 5.75 Å². The Balaban J connectivity index is 1.73. The van der Waals surface area contributed by atoms with E-state index in [4.69, 9.17) is 4.74 Å². The van der Waals surface area contributed by atoms with Crippen molar-refractivity contribution in [3.63, 3.8) is 0 Å². The lowest BCUT2D eigenvalue weighted by molar-refractivity contribution is 0.416. The van der Waals surface area contributed by atoms with Gasteiger partial charge in [-0.1, -0.05) is 34.1 Å². The van der Waals surface area contributed by atoms with Crippen molar-refractivity contribution in [2.75, 3.05) is 24.7 Å². The summed E-state index contributed by atoms with van der Waals surface area (Å²) in [6, 6.07) is 14.7. The molecule has 0 fully saturated rings. The number of rotatable bonds is 4. The number of hydrogen-bond acceptors (Lipinski definition) is 3.